The summed E-state index contributed by atoms with van der Waals surface area (Å²) in [6.07, 6.45) is 4.77. The van der Waals surface area contributed by atoms with Gasteiger partial charge in [-0.2, -0.15) is 0 Å². The fourth-order valence-electron chi connectivity index (χ4n) is 4.04. The van der Waals surface area contributed by atoms with Gasteiger partial charge in [-0.15, -0.1) is 0 Å². The van der Waals surface area contributed by atoms with Gasteiger partial charge in [0, 0.05) is 18.0 Å². The third kappa shape index (κ3) is 2.82. The lowest BCUT2D eigenvalue weighted by atomic mass is 9.88. The summed E-state index contributed by atoms with van der Waals surface area (Å²) in [5, 5.41) is 0. The Morgan fingerprint density at radius 1 is 1.33 bits per heavy atom. The van der Waals surface area contributed by atoms with Gasteiger partial charge in [-0.3, -0.25) is 4.90 Å². The maximum absolute atomic E-state index is 6.29. The maximum atomic E-state index is 6.29. The van der Waals surface area contributed by atoms with Crippen molar-refractivity contribution in [2.45, 2.75) is 51.2 Å². The summed E-state index contributed by atoms with van der Waals surface area (Å²) in [6.45, 7) is 6.25. The Labute approximate surface area is 128 Å². The number of benzene rings is 1. The molecule has 0 saturated carbocycles. The maximum Gasteiger partial charge on any atom is 0.128 e. The van der Waals surface area contributed by atoms with Gasteiger partial charge < -0.3 is 10.5 Å². The number of fused-ring (bicyclic) bond motifs is 1. The molecule has 0 radical (unpaired) electrons. The zero-order valence-electron chi connectivity index (χ0n) is 13.6. The predicted molar refractivity (Wildman–Crippen MR) is 86.6 cm³/mol. The monoisotopic (exact) mass is 288 g/mol. The van der Waals surface area contributed by atoms with Crippen LogP contribution in [0, 0.1) is 5.92 Å². The molecule has 3 rings (SSSR count). The molecule has 2 aliphatic rings. The Morgan fingerprint density at radius 3 is 2.90 bits per heavy atom. The van der Waals surface area contributed by atoms with E-state index in [9.17, 15) is 0 Å². The van der Waals surface area contributed by atoms with Gasteiger partial charge in [-0.05, 0) is 58.3 Å². The number of nitrogens with zero attached hydrogens (tertiary/aromatic N) is 1. The Balaban J connectivity index is 2.01. The molecule has 2 aliphatic heterocycles. The third-order valence-electron chi connectivity index (χ3n) is 5.00. The van der Waals surface area contributed by atoms with E-state index in [1.807, 2.05) is 0 Å². The summed E-state index contributed by atoms with van der Waals surface area (Å²) in [5.41, 5.74) is 8.71. The number of hydrogen-bond donors (Lipinski definition) is 1. The van der Waals surface area contributed by atoms with Crippen LogP contribution in [0.25, 0.3) is 0 Å². The van der Waals surface area contributed by atoms with Crippen molar-refractivity contribution in [2.75, 3.05) is 20.1 Å². The van der Waals surface area contributed by atoms with Crippen molar-refractivity contribution in [1.82, 2.24) is 4.90 Å². The van der Waals surface area contributed by atoms with E-state index in [0.717, 1.165) is 25.3 Å². The number of hydrogen-bond acceptors (Lipinski definition) is 3. The normalized spacial score (nSPS) is 28.8. The molecule has 1 fully saturated rings. The van der Waals surface area contributed by atoms with E-state index in [-0.39, 0.29) is 5.60 Å². The van der Waals surface area contributed by atoms with Crippen molar-refractivity contribution in [3.05, 3.63) is 29.3 Å². The molecule has 1 aromatic carbocycles. The molecule has 0 amide bonds. The highest BCUT2D eigenvalue weighted by Gasteiger charge is 2.36. The van der Waals surface area contributed by atoms with Crippen LogP contribution in [0.2, 0.25) is 0 Å². The first-order chi connectivity index (χ1) is 10.0. The van der Waals surface area contributed by atoms with Gasteiger partial charge in [0.1, 0.15) is 11.4 Å². The molecule has 0 aliphatic carbocycles. The first-order valence-corrected chi connectivity index (χ1v) is 8.23. The molecule has 116 valence electrons. The van der Waals surface area contributed by atoms with Gasteiger partial charge in [-0.25, -0.2) is 0 Å². The molecule has 0 bridgehead atoms. The second-order valence-corrected chi connectivity index (χ2v) is 7.29. The highest BCUT2D eigenvalue weighted by molar-refractivity contribution is 5.47. The van der Waals surface area contributed by atoms with Crippen LogP contribution >= 0.6 is 0 Å². The zero-order chi connectivity index (χ0) is 15.0. The fraction of sp³-hybridized carbons (Fsp3) is 0.667. The van der Waals surface area contributed by atoms with E-state index in [4.69, 9.17) is 10.5 Å². The molecule has 0 aromatic heterocycles. The summed E-state index contributed by atoms with van der Waals surface area (Å²) in [6, 6.07) is 7.03. The minimum Gasteiger partial charge on any atom is -0.487 e. The van der Waals surface area contributed by atoms with E-state index in [2.05, 4.69) is 44.0 Å². The van der Waals surface area contributed by atoms with Crippen molar-refractivity contribution in [2.24, 2.45) is 11.7 Å². The van der Waals surface area contributed by atoms with Crippen molar-refractivity contribution >= 4 is 0 Å². The standard InChI is InChI=1S/C18H28N2O/c1-18(2)11-13-8-6-9-15(17(13)21-18)16-14(12-19)7-4-5-10-20(16)3/h6,8-9,14,16H,4-5,7,10-12,19H2,1-3H3. The van der Waals surface area contributed by atoms with Crippen LogP contribution in [0.15, 0.2) is 18.2 Å². The lowest BCUT2D eigenvalue weighted by molar-refractivity contribution is 0.129. The minimum atomic E-state index is -0.0834. The molecule has 1 saturated heterocycles. The predicted octanol–water partition coefficient (Wildman–Crippen LogP) is 3.13. The van der Waals surface area contributed by atoms with Crippen LogP contribution in [0.1, 0.15) is 50.3 Å². The average molecular weight is 288 g/mol. The lowest BCUT2D eigenvalue weighted by Gasteiger charge is -2.33. The molecule has 2 unspecified atom stereocenters. The highest BCUT2D eigenvalue weighted by Crippen LogP contribution is 2.44. The zero-order valence-corrected chi connectivity index (χ0v) is 13.6. The largest absolute Gasteiger partial charge is 0.487 e. The average Bonchev–Trinajstić information content (AvgIpc) is 2.63. The van der Waals surface area contributed by atoms with Gasteiger partial charge in [0.05, 0.1) is 0 Å². The van der Waals surface area contributed by atoms with Crippen LogP contribution in [-0.2, 0) is 6.42 Å². The first kappa shape index (κ1) is 14.9. The van der Waals surface area contributed by atoms with Crippen molar-refractivity contribution in [1.29, 1.82) is 0 Å². The molecular weight excluding hydrogens is 260 g/mol. The summed E-state index contributed by atoms with van der Waals surface area (Å²) in [4.78, 5) is 2.48. The fourth-order valence-corrected chi connectivity index (χ4v) is 4.04. The topological polar surface area (TPSA) is 38.5 Å². The summed E-state index contributed by atoms with van der Waals surface area (Å²) < 4.78 is 6.29. The Kier molecular flexibility index (Phi) is 3.98. The first-order valence-electron chi connectivity index (χ1n) is 8.23. The number of para-hydroxylation sites is 1. The van der Waals surface area contributed by atoms with Crippen LogP contribution in [0.5, 0.6) is 5.75 Å². The summed E-state index contributed by atoms with van der Waals surface area (Å²) in [7, 11) is 2.23. The minimum absolute atomic E-state index is 0.0834. The van der Waals surface area contributed by atoms with Gasteiger partial charge in [-0.1, -0.05) is 24.6 Å². The molecule has 2 heterocycles. The van der Waals surface area contributed by atoms with E-state index < -0.39 is 0 Å². The van der Waals surface area contributed by atoms with Crippen LogP contribution < -0.4 is 10.5 Å². The number of nitrogens with two attached hydrogens (primary N) is 1. The van der Waals surface area contributed by atoms with E-state index in [1.165, 1.54) is 30.4 Å². The second-order valence-electron chi connectivity index (χ2n) is 7.29. The van der Waals surface area contributed by atoms with Crippen molar-refractivity contribution < 1.29 is 4.74 Å². The SMILES string of the molecule is CN1CCCCC(CN)C1c1cccc2c1OC(C)(C)C2. The molecule has 3 nitrogen and oxygen atoms in total. The molecule has 3 heteroatoms. The molecule has 1 aromatic rings. The third-order valence-corrected chi connectivity index (χ3v) is 5.00. The van der Waals surface area contributed by atoms with Crippen LogP contribution in [-0.4, -0.2) is 30.6 Å². The molecule has 21 heavy (non-hydrogen) atoms. The Hall–Kier alpha value is -1.06. The quantitative estimate of drug-likeness (QED) is 0.908. The number of likely N-dealkylation sites (tertiary alicyclic amines) is 1. The molecular formula is C18H28N2O. The second kappa shape index (κ2) is 5.62. The van der Waals surface area contributed by atoms with Crippen LogP contribution in [0.4, 0.5) is 0 Å². The van der Waals surface area contributed by atoms with E-state index in [0.29, 0.717) is 12.0 Å². The number of ether oxygens (including phenoxy) is 1. The van der Waals surface area contributed by atoms with E-state index >= 15 is 0 Å². The summed E-state index contributed by atoms with van der Waals surface area (Å²) in [5.74, 6) is 1.65. The molecule has 2 N–H and O–H groups in total. The van der Waals surface area contributed by atoms with Gasteiger partial charge in [0.25, 0.3) is 0 Å². The lowest BCUT2D eigenvalue weighted by Crippen LogP contribution is -2.33. The number of rotatable bonds is 2. The Bertz CT molecular complexity index is 512. The van der Waals surface area contributed by atoms with Gasteiger partial charge in [0.2, 0.25) is 0 Å². The van der Waals surface area contributed by atoms with Crippen molar-refractivity contribution in [3.8, 4) is 5.75 Å². The van der Waals surface area contributed by atoms with Crippen molar-refractivity contribution in [3.63, 3.8) is 0 Å². The van der Waals surface area contributed by atoms with Gasteiger partial charge in [0.15, 0.2) is 0 Å². The highest BCUT2D eigenvalue weighted by atomic mass is 16.5. The summed E-state index contributed by atoms with van der Waals surface area (Å²) >= 11 is 0. The smallest absolute Gasteiger partial charge is 0.128 e. The van der Waals surface area contributed by atoms with Gasteiger partial charge >= 0.3 is 0 Å². The van der Waals surface area contributed by atoms with Crippen LogP contribution in [0.3, 0.4) is 0 Å². The van der Waals surface area contributed by atoms with E-state index in [1.54, 1.807) is 0 Å². The molecule has 0 spiro atoms. The molecule has 2 atom stereocenters. The Morgan fingerprint density at radius 2 is 2.14 bits per heavy atom.